The maximum atomic E-state index is 10.4. The third-order valence-corrected chi connectivity index (χ3v) is 3.45. The predicted molar refractivity (Wildman–Crippen MR) is 67.4 cm³/mol. The summed E-state index contributed by atoms with van der Waals surface area (Å²) < 4.78 is 0. The molecule has 0 aromatic rings. The van der Waals surface area contributed by atoms with Crippen molar-refractivity contribution >= 4 is 30.3 Å². The van der Waals surface area contributed by atoms with Crippen molar-refractivity contribution in [3.05, 3.63) is 0 Å². The summed E-state index contributed by atoms with van der Waals surface area (Å²) in [7, 11) is -1.44. The van der Waals surface area contributed by atoms with Crippen molar-refractivity contribution < 1.29 is 19.9 Å². The smallest absolute Gasteiger partial charge is 0.475 e. The van der Waals surface area contributed by atoms with E-state index in [4.69, 9.17) is 23.1 Å². The van der Waals surface area contributed by atoms with Crippen LogP contribution in [-0.2, 0) is 4.79 Å². The minimum Gasteiger partial charge on any atom is -0.481 e. The van der Waals surface area contributed by atoms with Crippen molar-refractivity contribution in [2.75, 3.05) is 6.54 Å². The lowest BCUT2D eigenvalue weighted by atomic mass is 9.78. The number of carboxylic acid groups (broad SMARTS) is 1. The molecule has 0 amide bonds. The van der Waals surface area contributed by atoms with Crippen molar-refractivity contribution in [2.24, 2.45) is 5.73 Å². The summed E-state index contributed by atoms with van der Waals surface area (Å²) in [6.07, 6.45) is 1.71. The molecule has 0 radical (unpaired) electrons. The van der Waals surface area contributed by atoms with Gasteiger partial charge >= 0.3 is 13.1 Å². The average molecular weight is 260 g/mol. The van der Waals surface area contributed by atoms with Crippen LogP contribution >= 0.6 is 12.2 Å². The highest BCUT2D eigenvalue weighted by Gasteiger charge is 2.36. The average Bonchev–Trinajstić information content (AvgIpc) is 2.73. The third kappa shape index (κ3) is 3.92. The van der Waals surface area contributed by atoms with E-state index in [1.165, 1.54) is 0 Å². The Kier molecular flexibility index (Phi) is 5.32. The van der Waals surface area contributed by atoms with E-state index in [-0.39, 0.29) is 12.8 Å². The highest BCUT2D eigenvalue weighted by atomic mass is 32.1. The van der Waals surface area contributed by atoms with Gasteiger partial charge in [-0.25, -0.2) is 0 Å². The van der Waals surface area contributed by atoms with E-state index in [1.54, 1.807) is 4.90 Å². The third-order valence-electron chi connectivity index (χ3n) is 2.91. The molecule has 0 saturated carbocycles. The van der Waals surface area contributed by atoms with Crippen LogP contribution in [0.5, 0.6) is 0 Å². The molecule has 0 spiro atoms. The number of nitrogens with two attached hydrogens (primary N) is 1. The van der Waals surface area contributed by atoms with Crippen LogP contribution in [0.2, 0.25) is 0 Å². The Morgan fingerprint density at radius 1 is 1.59 bits per heavy atom. The Bertz CT molecular complexity index is 303. The molecule has 1 fully saturated rings. The fraction of sp³-hybridized carbons (Fsp3) is 0.778. The summed E-state index contributed by atoms with van der Waals surface area (Å²) in [5, 5.41) is 26.9. The predicted octanol–water partition coefficient (Wildman–Crippen LogP) is -1.02. The largest absolute Gasteiger partial charge is 0.481 e. The van der Waals surface area contributed by atoms with Gasteiger partial charge in [0.25, 0.3) is 0 Å². The van der Waals surface area contributed by atoms with Gasteiger partial charge in [-0.3, -0.25) is 4.79 Å². The number of carbonyl (C=O) groups is 1. The molecule has 17 heavy (non-hydrogen) atoms. The van der Waals surface area contributed by atoms with Crippen LogP contribution in [0.15, 0.2) is 0 Å². The van der Waals surface area contributed by atoms with Crippen LogP contribution < -0.4 is 5.73 Å². The summed E-state index contributed by atoms with van der Waals surface area (Å²) in [5.74, 6) is -1.33. The first-order valence-electron chi connectivity index (χ1n) is 5.57. The topological polar surface area (TPSA) is 107 Å². The fourth-order valence-corrected chi connectivity index (χ4v) is 2.34. The summed E-state index contributed by atoms with van der Waals surface area (Å²) in [4.78, 5) is 12.5. The first-order chi connectivity index (χ1) is 7.93. The van der Waals surface area contributed by atoms with Gasteiger partial charge in [-0.15, -0.1) is 0 Å². The second-order valence-electron chi connectivity index (χ2n) is 4.19. The molecule has 1 aliphatic heterocycles. The molecule has 8 heteroatoms. The Morgan fingerprint density at radius 2 is 2.24 bits per heavy atom. The van der Waals surface area contributed by atoms with Gasteiger partial charge in [0.05, 0.1) is 17.0 Å². The first kappa shape index (κ1) is 14.4. The number of rotatable bonds is 5. The normalized spacial score (nSPS) is 21.4. The van der Waals surface area contributed by atoms with Crippen LogP contribution in [-0.4, -0.2) is 56.7 Å². The Labute approximate surface area is 106 Å². The molecule has 0 aromatic carbocycles. The van der Waals surface area contributed by atoms with Crippen LogP contribution in [0.25, 0.3) is 0 Å². The van der Waals surface area contributed by atoms with Crippen LogP contribution in [0.3, 0.4) is 0 Å². The molecule has 1 aliphatic rings. The molecule has 1 unspecified atom stereocenters. The molecule has 1 rings (SSSR count). The number of thiocarbonyl (C=S) groups is 1. The zero-order valence-corrected chi connectivity index (χ0v) is 10.3. The molecule has 0 aliphatic carbocycles. The number of hydrogen-bond donors (Lipinski definition) is 4. The van der Waals surface area contributed by atoms with Crippen molar-refractivity contribution in [1.29, 1.82) is 0 Å². The lowest BCUT2D eigenvalue weighted by Crippen LogP contribution is -2.50. The molecule has 0 bridgehead atoms. The molecule has 96 valence electrons. The number of nitrogens with zero attached hydrogens (tertiary/aromatic N) is 1. The second kappa shape index (κ2) is 6.30. The Morgan fingerprint density at radius 3 is 2.76 bits per heavy atom. The zero-order chi connectivity index (χ0) is 13.0. The highest BCUT2D eigenvalue weighted by molar-refractivity contribution is 7.80. The molecule has 1 saturated heterocycles. The monoisotopic (exact) mass is 260 g/mol. The quantitative estimate of drug-likeness (QED) is 0.370. The van der Waals surface area contributed by atoms with Gasteiger partial charge < -0.3 is 25.8 Å². The lowest BCUT2D eigenvalue weighted by molar-refractivity contribution is -0.137. The van der Waals surface area contributed by atoms with E-state index >= 15 is 0 Å². The number of aliphatic carboxylic acids is 1. The molecule has 1 heterocycles. The molecule has 6 nitrogen and oxygen atoms in total. The van der Waals surface area contributed by atoms with Crippen molar-refractivity contribution in [3.63, 3.8) is 0 Å². The van der Waals surface area contributed by atoms with Gasteiger partial charge in [0.15, 0.2) is 0 Å². The van der Waals surface area contributed by atoms with Gasteiger partial charge in [0.2, 0.25) is 0 Å². The number of carboxylic acids is 1. The molecule has 2 atom stereocenters. The van der Waals surface area contributed by atoms with Crippen molar-refractivity contribution in [3.8, 4) is 0 Å². The summed E-state index contributed by atoms with van der Waals surface area (Å²) in [6, 6.07) is -0.527. The molecular formula is C9H17BN2O4S. The summed E-state index contributed by atoms with van der Waals surface area (Å²) >= 11 is 5.17. The maximum absolute atomic E-state index is 10.4. The minimum absolute atomic E-state index is 0.0402. The minimum atomic E-state index is -1.44. The summed E-state index contributed by atoms with van der Waals surface area (Å²) in [5.41, 5.74) is 5.80. The number of likely N-dealkylation sites (tertiary alicyclic amines) is 1. The van der Waals surface area contributed by atoms with E-state index < -0.39 is 25.1 Å². The molecule has 0 aromatic heterocycles. The van der Waals surface area contributed by atoms with E-state index in [2.05, 4.69) is 0 Å². The van der Waals surface area contributed by atoms with E-state index in [9.17, 15) is 14.8 Å². The second-order valence-corrected chi connectivity index (χ2v) is 4.61. The van der Waals surface area contributed by atoms with Crippen molar-refractivity contribution in [1.82, 2.24) is 4.90 Å². The van der Waals surface area contributed by atoms with Gasteiger partial charge in [0, 0.05) is 13.0 Å². The molecule has 5 N–H and O–H groups in total. The van der Waals surface area contributed by atoms with Crippen molar-refractivity contribution in [2.45, 2.75) is 37.7 Å². The van der Waals surface area contributed by atoms with E-state index in [1.807, 2.05) is 0 Å². The van der Waals surface area contributed by atoms with Gasteiger partial charge in [-0.2, -0.15) is 0 Å². The van der Waals surface area contributed by atoms with E-state index in [0.717, 1.165) is 6.42 Å². The van der Waals surface area contributed by atoms with Crippen LogP contribution in [0.1, 0.15) is 25.7 Å². The standard InChI is InChI=1S/C9H17BN2O4S/c11-6(3-4-8(13)14)9(17)12-5-1-2-7(12)10(15)16/h6-7,15-16H,1-5,11H2,(H,13,14)/t6?,7-/m0/s1. The Balaban J connectivity index is 2.53. The maximum Gasteiger partial charge on any atom is 0.475 e. The Hall–Kier alpha value is -0.695. The lowest BCUT2D eigenvalue weighted by Gasteiger charge is -2.29. The highest BCUT2D eigenvalue weighted by Crippen LogP contribution is 2.20. The summed E-state index contributed by atoms with van der Waals surface area (Å²) in [6.45, 7) is 0.641. The zero-order valence-electron chi connectivity index (χ0n) is 9.45. The van der Waals surface area contributed by atoms with Gasteiger partial charge in [0.1, 0.15) is 0 Å². The SMILES string of the molecule is NC(CCC(=O)O)C(=S)N1CCC[C@H]1B(O)O. The molecular weight excluding hydrogens is 243 g/mol. The fourth-order valence-electron chi connectivity index (χ4n) is 1.99. The van der Waals surface area contributed by atoms with Gasteiger partial charge in [-0.05, 0) is 19.3 Å². The first-order valence-corrected chi connectivity index (χ1v) is 5.98. The van der Waals surface area contributed by atoms with Gasteiger partial charge in [-0.1, -0.05) is 12.2 Å². The number of hydrogen-bond acceptors (Lipinski definition) is 5. The van der Waals surface area contributed by atoms with Crippen LogP contribution in [0.4, 0.5) is 0 Å². The van der Waals surface area contributed by atoms with E-state index in [0.29, 0.717) is 18.0 Å². The van der Waals surface area contributed by atoms with Crippen LogP contribution in [0, 0.1) is 0 Å².